The summed E-state index contributed by atoms with van der Waals surface area (Å²) in [6.45, 7) is 7.29. The van der Waals surface area contributed by atoms with E-state index in [4.69, 9.17) is 0 Å². The molecule has 0 saturated carbocycles. The number of carbonyl (C=O) groups is 1. The van der Waals surface area contributed by atoms with Crippen LogP contribution in [0.3, 0.4) is 0 Å². The van der Waals surface area contributed by atoms with Crippen LogP contribution >= 0.6 is 0 Å². The van der Waals surface area contributed by atoms with Crippen LogP contribution in [0.2, 0.25) is 0 Å². The molecule has 0 spiro atoms. The van der Waals surface area contributed by atoms with Crippen LogP contribution in [-0.2, 0) is 16.6 Å². The first kappa shape index (κ1) is 21.5. The van der Waals surface area contributed by atoms with Crippen molar-refractivity contribution in [1.82, 2.24) is 9.21 Å². The second kappa shape index (κ2) is 9.07. The Morgan fingerprint density at radius 3 is 2.38 bits per heavy atom. The van der Waals surface area contributed by atoms with Gasteiger partial charge in [-0.05, 0) is 35.2 Å². The van der Waals surface area contributed by atoms with Crippen molar-refractivity contribution < 1.29 is 13.2 Å². The molecule has 1 amide bonds. The van der Waals surface area contributed by atoms with E-state index in [9.17, 15) is 13.2 Å². The third-order valence-electron chi connectivity index (χ3n) is 5.23. The van der Waals surface area contributed by atoms with Gasteiger partial charge < -0.3 is 5.32 Å². The first-order chi connectivity index (χ1) is 13.7. The molecule has 0 aliphatic carbocycles. The van der Waals surface area contributed by atoms with E-state index in [0.717, 1.165) is 16.8 Å². The fraction of sp³-hybridized carbons (Fsp3) is 0.409. The van der Waals surface area contributed by atoms with Gasteiger partial charge >= 0.3 is 0 Å². The third kappa shape index (κ3) is 5.65. The Bertz CT molecular complexity index is 965. The van der Waals surface area contributed by atoms with Crippen LogP contribution in [0, 0.1) is 0 Å². The Hall–Kier alpha value is -2.22. The number of para-hydroxylation sites is 1. The maximum Gasteiger partial charge on any atom is 0.255 e. The molecule has 29 heavy (non-hydrogen) atoms. The molecule has 2 aromatic carbocycles. The number of nitrogens with one attached hydrogen (secondary N) is 1. The number of hydrogen-bond donors (Lipinski definition) is 1. The van der Waals surface area contributed by atoms with E-state index in [-0.39, 0.29) is 5.91 Å². The van der Waals surface area contributed by atoms with Crippen molar-refractivity contribution in [3.63, 3.8) is 0 Å². The summed E-state index contributed by atoms with van der Waals surface area (Å²) < 4.78 is 24.8. The van der Waals surface area contributed by atoms with Gasteiger partial charge in [0.2, 0.25) is 10.0 Å². The summed E-state index contributed by atoms with van der Waals surface area (Å²) in [6.07, 6.45) is 1.25. The average Bonchev–Trinajstić information content (AvgIpc) is 2.68. The molecule has 0 bridgehead atoms. The minimum absolute atomic E-state index is 0.123. The van der Waals surface area contributed by atoms with Crippen LogP contribution in [0.1, 0.15) is 41.3 Å². The molecule has 2 aromatic rings. The molecule has 0 unspecified atom stereocenters. The van der Waals surface area contributed by atoms with Gasteiger partial charge in [0.1, 0.15) is 0 Å². The number of carbonyl (C=O) groups excluding carboxylic acids is 1. The van der Waals surface area contributed by atoms with Crippen LogP contribution in [0.25, 0.3) is 0 Å². The van der Waals surface area contributed by atoms with E-state index < -0.39 is 10.0 Å². The van der Waals surface area contributed by atoms with Crippen molar-refractivity contribution in [2.24, 2.45) is 0 Å². The number of anilines is 1. The Labute approximate surface area is 173 Å². The number of rotatable bonds is 6. The zero-order valence-electron chi connectivity index (χ0n) is 17.3. The number of hydrogen-bond acceptors (Lipinski definition) is 4. The predicted molar refractivity (Wildman–Crippen MR) is 117 cm³/mol. The quantitative estimate of drug-likeness (QED) is 0.787. The Morgan fingerprint density at radius 1 is 1.03 bits per heavy atom. The maximum atomic E-state index is 12.8. The van der Waals surface area contributed by atoms with Gasteiger partial charge in [-0.25, -0.2) is 8.42 Å². The standard InChI is InChI=1S/C22H29N3O3S/c1-17(2)20-9-4-5-10-21(20)23-22(26)19-8-6-7-18(15-19)16-24-11-13-25(14-12-24)29(3,27)28/h4-10,15,17H,11-14,16H2,1-3H3,(H,23,26). The monoisotopic (exact) mass is 415 g/mol. The molecular formula is C22H29N3O3S. The second-order valence-corrected chi connectivity index (χ2v) is 9.82. The van der Waals surface area contributed by atoms with Gasteiger partial charge in [0.25, 0.3) is 5.91 Å². The van der Waals surface area contributed by atoms with Crippen molar-refractivity contribution in [2.45, 2.75) is 26.3 Å². The molecule has 1 aliphatic heterocycles. The molecule has 1 saturated heterocycles. The van der Waals surface area contributed by atoms with Gasteiger partial charge in [-0.2, -0.15) is 4.31 Å². The van der Waals surface area contributed by atoms with Gasteiger partial charge in [0.05, 0.1) is 6.26 Å². The highest BCUT2D eigenvalue weighted by Gasteiger charge is 2.23. The lowest BCUT2D eigenvalue weighted by Crippen LogP contribution is -2.47. The summed E-state index contributed by atoms with van der Waals surface area (Å²) in [5, 5.41) is 3.04. The lowest BCUT2D eigenvalue weighted by molar-refractivity contribution is 0.102. The average molecular weight is 416 g/mol. The molecule has 0 atom stereocenters. The van der Waals surface area contributed by atoms with Gasteiger partial charge in [-0.1, -0.05) is 44.2 Å². The van der Waals surface area contributed by atoms with Crippen molar-refractivity contribution >= 4 is 21.6 Å². The van der Waals surface area contributed by atoms with Crippen molar-refractivity contribution in [1.29, 1.82) is 0 Å². The molecule has 0 radical (unpaired) electrons. The largest absolute Gasteiger partial charge is 0.322 e. The van der Waals surface area contributed by atoms with Crippen LogP contribution in [-0.4, -0.2) is 56.0 Å². The molecule has 1 aliphatic rings. The lowest BCUT2D eigenvalue weighted by Gasteiger charge is -2.33. The topological polar surface area (TPSA) is 69.7 Å². The molecule has 7 heteroatoms. The van der Waals surface area contributed by atoms with Crippen LogP contribution in [0.5, 0.6) is 0 Å². The van der Waals surface area contributed by atoms with E-state index in [2.05, 4.69) is 24.1 Å². The fourth-order valence-corrected chi connectivity index (χ4v) is 4.42. The fourth-order valence-electron chi connectivity index (χ4n) is 3.60. The van der Waals surface area contributed by atoms with Gasteiger partial charge in [0.15, 0.2) is 0 Å². The second-order valence-electron chi connectivity index (χ2n) is 7.83. The van der Waals surface area contributed by atoms with Gasteiger partial charge in [-0.3, -0.25) is 9.69 Å². The highest BCUT2D eigenvalue weighted by atomic mass is 32.2. The number of sulfonamides is 1. The molecule has 6 nitrogen and oxygen atoms in total. The maximum absolute atomic E-state index is 12.8. The summed E-state index contributed by atoms with van der Waals surface area (Å²) in [5.74, 6) is 0.199. The first-order valence-corrected chi connectivity index (χ1v) is 11.8. The van der Waals surface area contributed by atoms with Gasteiger partial charge in [0, 0.05) is 44.0 Å². The Balaban J connectivity index is 1.65. The summed E-state index contributed by atoms with van der Waals surface area (Å²) in [7, 11) is -3.13. The molecule has 3 rings (SSSR count). The molecule has 1 fully saturated rings. The summed E-state index contributed by atoms with van der Waals surface area (Å²) >= 11 is 0. The minimum atomic E-state index is -3.13. The van der Waals surface area contributed by atoms with Crippen LogP contribution in [0.4, 0.5) is 5.69 Å². The van der Waals surface area contributed by atoms with E-state index in [1.165, 1.54) is 10.6 Å². The molecule has 1 N–H and O–H groups in total. The molecule has 0 aromatic heterocycles. The number of nitrogens with zero attached hydrogens (tertiary/aromatic N) is 2. The Morgan fingerprint density at radius 2 is 1.72 bits per heavy atom. The molecule has 1 heterocycles. The van der Waals surface area contributed by atoms with Crippen LogP contribution in [0.15, 0.2) is 48.5 Å². The zero-order chi connectivity index (χ0) is 21.0. The smallest absolute Gasteiger partial charge is 0.255 e. The van der Waals surface area contributed by atoms with E-state index in [1.807, 2.05) is 48.5 Å². The zero-order valence-corrected chi connectivity index (χ0v) is 18.1. The normalized spacial score (nSPS) is 16.1. The minimum Gasteiger partial charge on any atom is -0.322 e. The highest BCUT2D eigenvalue weighted by Crippen LogP contribution is 2.24. The predicted octanol–water partition coefficient (Wildman–Crippen LogP) is 3.14. The highest BCUT2D eigenvalue weighted by molar-refractivity contribution is 7.88. The number of benzene rings is 2. The first-order valence-electron chi connectivity index (χ1n) is 9.91. The number of amides is 1. The lowest BCUT2D eigenvalue weighted by atomic mass is 10.0. The summed E-state index contributed by atoms with van der Waals surface area (Å²) in [5.41, 5.74) is 3.62. The summed E-state index contributed by atoms with van der Waals surface area (Å²) in [6, 6.07) is 15.5. The SMILES string of the molecule is CC(C)c1ccccc1NC(=O)c1cccc(CN2CCN(S(C)(=O)=O)CC2)c1. The number of piperazine rings is 1. The van der Waals surface area contributed by atoms with Crippen molar-refractivity contribution in [2.75, 3.05) is 37.8 Å². The van der Waals surface area contributed by atoms with Crippen molar-refractivity contribution in [3.8, 4) is 0 Å². The van der Waals surface area contributed by atoms with E-state index in [0.29, 0.717) is 44.2 Å². The summed E-state index contributed by atoms with van der Waals surface area (Å²) in [4.78, 5) is 15.0. The molecular weight excluding hydrogens is 386 g/mol. The van der Waals surface area contributed by atoms with E-state index in [1.54, 1.807) is 0 Å². The Kier molecular flexibility index (Phi) is 6.72. The van der Waals surface area contributed by atoms with E-state index >= 15 is 0 Å². The van der Waals surface area contributed by atoms with Crippen LogP contribution < -0.4 is 5.32 Å². The third-order valence-corrected chi connectivity index (χ3v) is 6.53. The molecule has 156 valence electrons. The van der Waals surface area contributed by atoms with Gasteiger partial charge in [-0.15, -0.1) is 0 Å². The van der Waals surface area contributed by atoms with Crippen molar-refractivity contribution in [3.05, 3.63) is 65.2 Å².